The van der Waals surface area contributed by atoms with E-state index in [0.717, 1.165) is 16.6 Å². The third kappa shape index (κ3) is 2.67. The molecule has 0 atom stereocenters. The van der Waals surface area contributed by atoms with E-state index in [2.05, 4.69) is 10.1 Å². The van der Waals surface area contributed by atoms with E-state index < -0.39 is 5.91 Å². The first kappa shape index (κ1) is 16.0. The number of hydrogen-bond donors (Lipinski definition) is 1. The zero-order valence-electron chi connectivity index (χ0n) is 11.4. The number of halogens is 1. The molecule has 2 N–H and O–H groups in total. The fraction of sp³-hybridized carbons (Fsp3) is 0.188. The number of aromatic nitrogens is 3. The van der Waals surface area contributed by atoms with Crippen LogP contribution in [-0.4, -0.2) is 20.7 Å². The van der Waals surface area contributed by atoms with Crippen LogP contribution in [0.5, 0.6) is 0 Å². The molecule has 0 saturated heterocycles. The molecular formula is C16H17ClN4O. The Morgan fingerprint density at radius 2 is 2.09 bits per heavy atom. The maximum Gasteiger partial charge on any atom is 0.269 e. The molecule has 0 aliphatic heterocycles. The Kier molecular flexibility index (Phi) is 4.47. The largest absolute Gasteiger partial charge is 0.364 e. The van der Waals surface area contributed by atoms with Crippen LogP contribution in [-0.2, 0) is 5.88 Å². The van der Waals surface area contributed by atoms with Gasteiger partial charge in [-0.25, -0.2) is 9.67 Å². The highest BCUT2D eigenvalue weighted by Crippen LogP contribution is 2.23. The van der Waals surface area contributed by atoms with Crippen molar-refractivity contribution in [1.29, 1.82) is 0 Å². The van der Waals surface area contributed by atoms with Crippen molar-refractivity contribution in [2.75, 3.05) is 0 Å². The molecule has 0 aliphatic rings. The molecule has 0 fully saturated rings. The summed E-state index contributed by atoms with van der Waals surface area (Å²) in [4.78, 5) is 15.9. The molecule has 2 aromatic heterocycles. The van der Waals surface area contributed by atoms with Gasteiger partial charge < -0.3 is 5.73 Å². The molecule has 5 nitrogen and oxygen atoms in total. The third-order valence-corrected chi connectivity index (χ3v) is 3.56. The lowest BCUT2D eigenvalue weighted by atomic mass is 10.1. The Morgan fingerprint density at radius 3 is 2.73 bits per heavy atom. The van der Waals surface area contributed by atoms with E-state index in [9.17, 15) is 4.79 Å². The Morgan fingerprint density at radius 1 is 1.32 bits per heavy atom. The lowest BCUT2D eigenvalue weighted by Gasteiger charge is -2.03. The maximum atomic E-state index is 11.6. The van der Waals surface area contributed by atoms with E-state index in [1.54, 1.807) is 10.9 Å². The van der Waals surface area contributed by atoms with E-state index in [0.29, 0.717) is 17.1 Å². The topological polar surface area (TPSA) is 73.8 Å². The van der Waals surface area contributed by atoms with Crippen molar-refractivity contribution < 1.29 is 4.79 Å². The van der Waals surface area contributed by atoms with Crippen molar-refractivity contribution in [2.45, 2.75) is 20.2 Å². The molecule has 0 spiro atoms. The van der Waals surface area contributed by atoms with E-state index in [4.69, 9.17) is 17.3 Å². The number of primary amides is 1. The maximum absolute atomic E-state index is 11.6. The molecule has 114 valence electrons. The minimum absolute atomic E-state index is 0. The molecule has 22 heavy (non-hydrogen) atoms. The standard InChI is InChI=1S/C15H13ClN4O.CH4/c1-9-4-5-18-13(6-9)20-12-3-2-10(8-16)7-11(12)14(19-20)15(17)21;/h2-7H,8H2,1H3,(H2,17,21);1H4. The van der Waals surface area contributed by atoms with Crippen LogP contribution < -0.4 is 5.73 Å². The van der Waals surface area contributed by atoms with E-state index in [-0.39, 0.29) is 13.1 Å². The third-order valence-electron chi connectivity index (χ3n) is 3.25. The zero-order valence-corrected chi connectivity index (χ0v) is 12.1. The molecule has 1 amide bonds. The summed E-state index contributed by atoms with van der Waals surface area (Å²) in [5.74, 6) is 0.436. The first-order valence-electron chi connectivity index (χ1n) is 6.40. The Hall–Kier alpha value is -2.40. The average Bonchev–Trinajstić information content (AvgIpc) is 2.86. The Bertz CT molecular complexity index is 841. The van der Waals surface area contributed by atoms with Gasteiger partial charge >= 0.3 is 0 Å². The summed E-state index contributed by atoms with van der Waals surface area (Å²) in [7, 11) is 0. The molecule has 3 aromatic rings. The molecular weight excluding hydrogens is 300 g/mol. The van der Waals surface area contributed by atoms with Crippen molar-refractivity contribution in [3.63, 3.8) is 0 Å². The van der Waals surface area contributed by atoms with Gasteiger partial charge in [0.2, 0.25) is 0 Å². The number of amides is 1. The second kappa shape index (κ2) is 6.15. The van der Waals surface area contributed by atoms with Gasteiger partial charge in [-0.3, -0.25) is 4.79 Å². The van der Waals surface area contributed by atoms with Crippen LogP contribution in [0.2, 0.25) is 0 Å². The predicted octanol–water partition coefficient (Wildman–Crippen LogP) is 3.20. The van der Waals surface area contributed by atoms with Crippen LogP contribution >= 0.6 is 11.6 Å². The summed E-state index contributed by atoms with van der Waals surface area (Å²) in [6, 6.07) is 9.40. The van der Waals surface area contributed by atoms with Crippen LogP contribution in [0.25, 0.3) is 16.7 Å². The van der Waals surface area contributed by atoms with E-state index in [1.165, 1.54) is 0 Å². The first-order valence-corrected chi connectivity index (χ1v) is 6.94. The minimum Gasteiger partial charge on any atom is -0.364 e. The summed E-state index contributed by atoms with van der Waals surface area (Å²) in [5.41, 5.74) is 8.38. The van der Waals surface area contributed by atoms with Crippen molar-refractivity contribution in [3.05, 3.63) is 53.3 Å². The second-order valence-electron chi connectivity index (χ2n) is 4.80. The molecule has 2 heterocycles. The number of rotatable bonds is 3. The van der Waals surface area contributed by atoms with Gasteiger partial charge in [0.25, 0.3) is 5.91 Å². The van der Waals surface area contributed by atoms with Crippen LogP contribution in [0.4, 0.5) is 0 Å². The fourth-order valence-electron chi connectivity index (χ4n) is 2.24. The predicted molar refractivity (Wildman–Crippen MR) is 88.4 cm³/mol. The van der Waals surface area contributed by atoms with Gasteiger partial charge in [0.05, 0.1) is 5.52 Å². The highest BCUT2D eigenvalue weighted by molar-refractivity contribution is 6.17. The van der Waals surface area contributed by atoms with Crippen molar-refractivity contribution in [3.8, 4) is 5.82 Å². The number of nitrogens with two attached hydrogens (primary N) is 1. The number of carbonyl (C=O) groups is 1. The first-order chi connectivity index (χ1) is 10.1. The van der Waals surface area contributed by atoms with Gasteiger partial charge in [-0.05, 0) is 42.3 Å². The van der Waals surface area contributed by atoms with Crippen molar-refractivity contribution in [1.82, 2.24) is 14.8 Å². The van der Waals surface area contributed by atoms with Crippen LogP contribution in [0.15, 0.2) is 36.5 Å². The molecule has 0 aliphatic carbocycles. The van der Waals surface area contributed by atoms with Crippen molar-refractivity contribution in [2.24, 2.45) is 5.73 Å². The molecule has 0 bridgehead atoms. The molecule has 6 heteroatoms. The van der Waals surface area contributed by atoms with Gasteiger partial charge in [0, 0.05) is 17.5 Å². The van der Waals surface area contributed by atoms with Crippen LogP contribution in [0, 0.1) is 6.92 Å². The van der Waals surface area contributed by atoms with Crippen LogP contribution in [0.3, 0.4) is 0 Å². The molecule has 0 unspecified atom stereocenters. The Labute approximate surface area is 133 Å². The molecule has 3 rings (SSSR count). The quantitative estimate of drug-likeness (QED) is 0.754. The van der Waals surface area contributed by atoms with Gasteiger partial charge in [-0.2, -0.15) is 5.10 Å². The van der Waals surface area contributed by atoms with E-state index >= 15 is 0 Å². The molecule has 1 aromatic carbocycles. The monoisotopic (exact) mass is 316 g/mol. The summed E-state index contributed by atoms with van der Waals surface area (Å²) >= 11 is 5.85. The average molecular weight is 317 g/mol. The normalized spacial score (nSPS) is 10.5. The van der Waals surface area contributed by atoms with Gasteiger partial charge in [0.1, 0.15) is 0 Å². The van der Waals surface area contributed by atoms with Gasteiger partial charge in [-0.1, -0.05) is 13.5 Å². The van der Waals surface area contributed by atoms with E-state index in [1.807, 2.05) is 37.3 Å². The second-order valence-corrected chi connectivity index (χ2v) is 5.07. The number of fused-ring (bicyclic) bond motifs is 1. The number of aryl methyl sites for hydroxylation is 1. The number of benzene rings is 1. The summed E-state index contributed by atoms with van der Waals surface area (Å²) in [5, 5.41) is 5.00. The SMILES string of the molecule is C.Cc1ccnc(-n2nc(C(N)=O)c3cc(CCl)ccc32)c1. The number of pyridine rings is 1. The summed E-state index contributed by atoms with van der Waals surface area (Å²) in [6.07, 6.45) is 1.70. The zero-order chi connectivity index (χ0) is 15.0. The highest BCUT2D eigenvalue weighted by atomic mass is 35.5. The Balaban J connectivity index is 0.00000176. The smallest absolute Gasteiger partial charge is 0.269 e. The number of hydrogen-bond acceptors (Lipinski definition) is 3. The lowest BCUT2D eigenvalue weighted by molar-refractivity contribution is 0.0996. The van der Waals surface area contributed by atoms with Gasteiger partial charge in [0.15, 0.2) is 11.5 Å². The molecule has 0 saturated carbocycles. The minimum atomic E-state index is -0.571. The number of nitrogens with zero attached hydrogens (tertiary/aromatic N) is 3. The van der Waals surface area contributed by atoms with Crippen molar-refractivity contribution >= 4 is 28.4 Å². The number of carbonyl (C=O) groups excluding carboxylic acids is 1. The summed E-state index contributed by atoms with van der Waals surface area (Å²) in [6.45, 7) is 1.97. The molecule has 0 radical (unpaired) electrons. The lowest BCUT2D eigenvalue weighted by Crippen LogP contribution is -2.12. The number of alkyl halides is 1. The highest BCUT2D eigenvalue weighted by Gasteiger charge is 2.16. The van der Waals surface area contributed by atoms with Gasteiger partial charge in [-0.15, -0.1) is 11.6 Å². The summed E-state index contributed by atoms with van der Waals surface area (Å²) < 4.78 is 1.63. The fourth-order valence-corrected chi connectivity index (χ4v) is 2.41. The van der Waals surface area contributed by atoms with Crippen LogP contribution in [0.1, 0.15) is 29.0 Å².